The second kappa shape index (κ2) is 10.9. The van der Waals surface area contributed by atoms with Crippen molar-refractivity contribution in [3.05, 3.63) is 100 Å². The first-order valence-electron chi connectivity index (χ1n) is 11.7. The number of carbonyl (C=O) groups excluding carboxylic acids is 2. The monoisotopic (exact) mass is 485 g/mol. The van der Waals surface area contributed by atoms with Gasteiger partial charge in [0.25, 0.3) is 0 Å². The summed E-state index contributed by atoms with van der Waals surface area (Å²) in [4.78, 5) is 37.7. The average Bonchev–Trinajstić information content (AvgIpc) is 2.88. The zero-order valence-electron chi connectivity index (χ0n) is 20.3. The lowest BCUT2D eigenvalue weighted by atomic mass is 10.00. The van der Waals surface area contributed by atoms with Crippen molar-refractivity contribution in [1.82, 2.24) is 5.32 Å². The molecule has 0 aliphatic heterocycles. The zero-order chi connectivity index (χ0) is 25.7. The van der Waals surface area contributed by atoms with Gasteiger partial charge in [0.15, 0.2) is 0 Å². The molecule has 0 fully saturated rings. The molecule has 1 amide bonds. The van der Waals surface area contributed by atoms with Gasteiger partial charge < -0.3 is 19.2 Å². The number of ether oxygens (including phenoxy) is 2. The van der Waals surface area contributed by atoms with E-state index in [0.29, 0.717) is 11.1 Å². The van der Waals surface area contributed by atoms with Crippen molar-refractivity contribution in [2.75, 3.05) is 0 Å². The lowest BCUT2D eigenvalue weighted by Crippen LogP contribution is -2.46. The Morgan fingerprint density at radius 2 is 1.61 bits per heavy atom. The van der Waals surface area contributed by atoms with E-state index in [1.807, 2.05) is 60.7 Å². The number of nitrogens with one attached hydrogen (secondary N) is 1. The first kappa shape index (κ1) is 24.7. The van der Waals surface area contributed by atoms with Gasteiger partial charge in [-0.3, -0.25) is 0 Å². The van der Waals surface area contributed by atoms with Crippen molar-refractivity contribution in [3.63, 3.8) is 0 Å². The fourth-order valence-electron chi connectivity index (χ4n) is 3.87. The minimum atomic E-state index is -0.939. The standard InChI is InChI=1S/C29H27NO6/c1-18(2)26(30-29(33)34-17-20-10-6-4-7-11-20)28(32)35-24-15-14-22-23(21-12-8-5-9-13-21)16-25(31)36-27(22)19(24)3/h4-16,18,26H,17H2,1-3H3,(H,30,33)/t26-/m0/s1. The van der Waals surface area contributed by atoms with Crippen LogP contribution in [0.2, 0.25) is 0 Å². The van der Waals surface area contributed by atoms with Gasteiger partial charge in [0.05, 0.1) is 0 Å². The van der Waals surface area contributed by atoms with Crippen LogP contribution in [-0.2, 0) is 16.1 Å². The summed E-state index contributed by atoms with van der Waals surface area (Å²) in [5.74, 6) is -0.665. The summed E-state index contributed by atoms with van der Waals surface area (Å²) < 4.78 is 16.4. The average molecular weight is 486 g/mol. The van der Waals surface area contributed by atoms with Gasteiger partial charge in [0.1, 0.15) is 24.0 Å². The Bertz CT molecular complexity index is 1430. The van der Waals surface area contributed by atoms with Gasteiger partial charge in [-0.15, -0.1) is 0 Å². The number of hydrogen-bond donors (Lipinski definition) is 1. The molecule has 184 valence electrons. The Hall–Kier alpha value is -4.39. The van der Waals surface area contributed by atoms with Crippen LogP contribution >= 0.6 is 0 Å². The van der Waals surface area contributed by atoms with Crippen LogP contribution in [0.25, 0.3) is 22.1 Å². The van der Waals surface area contributed by atoms with Gasteiger partial charge in [-0.05, 0) is 41.7 Å². The number of esters is 1. The molecule has 0 aliphatic rings. The third-order valence-electron chi connectivity index (χ3n) is 5.81. The summed E-state index contributed by atoms with van der Waals surface area (Å²) >= 11 is 0. The van der Waals surface area contributed by atoms with Crippen LogP contribution in [0.5, 0.6) is 5.75 Å². The van der Waals surface area contributed by atoms with Crippen LogP contribution in [0.4, 0.5) is 4.79 Å². The molecule has 7 heteroatoms. The smallest absolute Gasteiger partial charge is 0.408 e. The number of fused-ring (bicyclic) bond motifs is 1. The number of rotatable bonds is 7. The van der Waals surface area contributed by atoms with Crippen LogP contribution in [0.15, 0.2) is 88.1 Å². The molecule has 7 nitrogen and oxygen atoms in total. The fraction of sp³-hybridized carbons (Fsp3) is 0.207. The molecule has 1 aromatic heterocycles. The van der Waals surface area contributed by atoms with Gasteiger partial charge in [-0.25, -0.2) is 14.4 Å². The van der Waals surface area contributed by atoms with Crippen LogP contribution in [0, 0.1) is 12.8 Å². The van der Waals surface area contributed by atoms with Crippen molar-refractivity contribution in [2.45, 2.75) is 33.4 Å². The number of amides is 1. The van der Waals surface area contributed by atoms with E-state index in [4.69, 9.17) is 13.9 Å². The molecule has 0 radical (unpaired) electrons. The fourth-order valence-corrected chi connectivity index (χ4v) is 3.87. The third kappa shape index (κ3) is 5.63. The molecule has 0 saturated carbocycles. The third-order valence-corrected chi connectivity index (χ3v) is 5.81. The molecule has 0 unspecified atom stereocenters. The zero-order valence-corrected chi connectivity index (χ0v) is 20.3. The molecular weight excluding hydrogens is 458 g/mol. The maximum Gasteiger partial charge on any atom is 0.408 e. The van der Waals surface area contributed by atoms with E-state index in [-0.39, 0.29) is 18.3 Å². The molecule has 4 rings (SSSR count). The van der Waals surface area contributed by atoms with E-state index in [1.54, 1.807) is 32.9 Å². The highest BCUT2D eigenvalue weighted by Crippen LogP contribution is 2.33. The summed E-state index contributed by atoms with van der Waals surface area (Å²) in [6.07, 6.45) is -0.719. The van der Waals surface area contributed by atoms with Crippen LogP contribution < -0.4 is 15.7 Å². The summed E-state index contributed by atoms with van der Waals surface area (Å²) in [5, 5.41) is 3.32. The first-order chi connectivity index (χ1) is 17.3. The second-order valence-corrected chi connectivity index (χ2v) is 8.76. The predicted molar refractivity (Wildman–Crippen MR) is 137 cm³/mol. The molecule has 36 heavy (non-hydrogen) atoms. The van der Waals surface area contributed by atoms with Gasteiger partial charge in [-0.1, -0.05) is 74.5 Å². The largest absolute Gasteiger partial charge is 0.445 e. The van der Waals surface area contributed by atoms with Crippen LogP contribution in [0.1, 0.15) is 25.0 Å². The van der Waals surface area contributed by atoms with Gasteiger partial charge in [0, 0.05) is 17.0 Å². The molecule has 1 heterocycles. The molecule has 3 aromatic carbocycles. The Balaban J connectivity index is 1.54. The van der Waals surface area contributed by atoms with E-state index in [9.17, 15) is 14.4 Å². The summed E-state index contributed by atoms with van der Waals surface area (Å²) in [7, 11) is 0. The van der Waals surface area contributed by atoms with Gasteiger partial charge in [-0.2, -0.15) is 0 Å². The maximum absolute atomic E-state index is 13.0. The van der Waals surface area contributed by atoms with E-state index < -0.39 is 23.7 Å². The Morgan fingerprint density at radius 1 is 0.944 bits per heavy atom. The minimum Gasteiger partial charge on any atom is -0.445 e. The molecule has 0 spiro atoms. The van der Waals surface area contributed by atoms with Crippen molar-refractivity contribution >= 4 is 23.0 Å². The topological polar surface area (TPSA) is 94.8 Å². The van der Waals surface area contributed by atoms with Crippen molar-refractivity contribution in [3.8, 4) is 16.9 Å². The molecule has 0 aliphatic carbocycles. The lowest BCUT2D eigenvalue weighted by molar-refractivity contribution is -0.137. The maximum atomic E-state index is 13.0. The van der Waals surface area contributed by atoms with Crippen LogP contribution in [0.3, 0.4) is 0 Å². The SMILES string of the molecule is Cc1c(OC(=O)[C@@H](NC(=O)OCc2ccccc2)C(C)C)ccc2c(-c3ccccc3)cc(=O)oc12. The summed E-state index contributed by atoms with van der Waals surface area (Å²) in [5.41, 5.74) is 2.77. The van der Waals surface area contributed by atoms with E-state index in [1.165, 1.54) is 6.07 Å². The number of benzene rings is 3. The number of alkyl carbamates (subject to hydrolysis) is 1. The van der Waals surface area contributed by atoms with Crippen LogP contribution in [-0.4, -0.2) is 18.1 Å². The lowest BCUT2D eigenvalue weighted by Gasteiger charge is -2.21. The molecule has 0 saturated heterocycles. The molecule has 0 bridgehead atoms. The first-order valence-corrected chi connectivity index (χ1v) is 11.7. The molecule has 4 aromatic rings. The normalized spacial score (nSPS) is 11.8. The Labute approximate surface area is 208 Å². The molecular formula is C29H27NO6. The highest BCUT2D eigenvalue weighted by Gasteiger charge is 2.28. The van der Waals surface area contributed by atoms with Crippen molar-refractivity contribution in [1.29, 1.82) is 0 Å². The number of hydrogen-bond acceptors (Lipinski definition) is 6. The summed E-state index contributed by atoms with van der Waals surface area (Å²) in [6.45, 7) is 5.39. The molecule has 1 atom stereocenters. The quantitative estimate of drug-likeness (QED) is 0.207. The Kier molecular flexibility index (Phi) is 7.49. The van der Waals surface area contributed by atoms with Crippen molar-refractivity contribution < 1.29 is 23.5 Å². The highest BCUT2D eigenvalue weighted by molar-refractivity contribution is 5.96. The van der Waals surface area contributed by atoms with E-state index in [0.717, 1.165) is 22.1 Å². The number of carbonyl (C=O) groups is 2. The molecule has 1 N–H and O–H groups in total. The van der Waals surface area contributed by atoms with E-state index in [2.05, 4.69) is 5.32 Å². The minimum absolute atomic E-state index is 0.0824. The summed E-state index contributed by atoms with van der Waals surface area (Å²) in [6, 6.07) is 22.7. The Morgan fingerprint density at radius 3 is 2.28 bits per heavy atom. The predicted octanol–water partition coefficient (Wildman–Crippen LogP) is 5.62. The van der Waals surface area contributed by atoms with Crippen molar-refractivity contribution in [2.24, 2.45) is 5.92 Å². The van der Waals surface area contributed by atoms with E-state index >= 15 is 0 Å². The number of aryl methyl sites for hydroxylation is 1. The van der Waals surface area contributed by atoms with Gasteiger partial charge in [0.2, 0.25) is 0 Å². The van der Waals surface area contributed by atoms with Gasteiger partial charge >= 0.3 is 17.7 Å². The highest BCUT2D eigenvalue weighted by atomic mass is 16.6. The second-order valence-electron chi connectivity index (χ2n) is 8.76.